The number of hydrogen-bond acceptors (Lipinski definition) is 2. The summed E-state index contributed by atoms with van der Waals surface area (Å²) < 4.78 is 0. The number of amides is 2. The van der Waals surface area contributed by atoms with E-state index in [0.717, 1.165) is 31.8 Å². The number of likely N-dealkylation sites (tertiary alicyclic amines) is 1. The minimum atomic E-state index is 0.0715. The van der Waals surface area contributed by atoms with Crippen LogP contribution in [0, 0.1) is 5.92 Å². The first-order valence-corrected chi connectivity index (χ1v) is 6.27. The number of likely N-dealkylation sites (N-methyl/N-ethyl adjacent to an activating group) is 1. The fraction of sp³-hybridized carbons (Fsp3) is 0.818. The van der Waals surface area contributed by atoms with Crippen molar-refractivity contribution in [3.05, 3.63) is 0 Å². The molecule has 4 nitrogen and oxygen atoms in total. The van der Waals surface area contributed by atoms with E-state index < -0.39 is 0 Å². The van der Waals surface area contributed by atoms with Crippen LogP contribution in [0.25, 0.3) is 0 Å². The van der Waals surface area contributed by atoms with E-state index >= 15 is 0 Å². The quantitative estimate of drug-likeness (QED) is 0.763. The smallest absolute Gasteiger partial charge is 0.320 e. The van der Waals surface area contributed by atoms with Crippen molar-refractivity contribution in [1.82, 2.24) is 9.80 Å². The van der Waals surface area contributed by atoms with Crippen molar-refractivity contribution in [3.8, 4) is 0 Å². The Morgan fingerprint density at radius 3 is 2.50 bits per heavy atom. The molecule has 0 aromatic carbocycles. The first-order chi connectivity index (χ1) is 7.54. The van der Waals surface area contributed by atoms with Gasteiger partial charge in [0.15, 0.2) is 0 Å². The van der Waals surface area contributed by atoms with Gasteiger partial charge in [0, 0.05) is 19.6 Å². The topological polar surface area (TPSA) is 49.6 Å². The van der Waals surface area contributed by atoms with Crippen molar-refractivity contribution in [3.63, 3.8) is 0 Å². The van der Waals surface area contributed by atoms with Crippen LogP contribution in [0.3, 0.4) is 0 Å². The Morgan fingerprint density at radius 2 is 2.06 bits per heavy atom. The second kappa shape index (κ2) is 6.03. The van der Waals surface area contributed by atoms with Crippen LogP contribution in [0.5, 0.6) is 0 Å². The van der Waals surface area contributed by atoms with Crippen LogP contribution in [0.4, 0.5) is 4.79 Å². The van der Waals surface area contributed by atoms with Gasteiger partial charge in [0.05, 0.1) is 11.5 Å². The molecule has 0 saturated carbocycles. The van der Waals surface area contributed by atoms with Gasteiger partial charge >= 0.3 is 6.03 Å². The van der Waals surface area contributed by atoms with Gasteiger partial charge in [-0.1, -0.05) is 19.1 Å². The molecule has 0 atom stereocenters. The van der Waals surface area contributed by atoms with Gasteiger partial charge in [0.2, 0.25) is 0 Å². The van der Waals surface area contributed by atoms with E-state index in [9.17, 15) is 4.79 Å². The summed E-state index contributed by atoms with van der Waals surface area (Å²) in [5, 5.41) is 0. The van der Waals surface area contributed by atoms with Gasteiger partial charge < -0.3 is 15.5 Å². The highest BCUT2D eigenvalue weighted by Crippen LogP contribution is 2.17. The molecule has 1 aliphatic heterocycles. The number of carbonyl (C=O) groups is 1. The second-order valence-electron chi connectivity index (χ2n) is 4.43. The summed E-state index contributed by atoms with van der Waals surface area (Å²) in [5.74, 6) is 0.731. The predicted octanol–water partition coefficient (Wildman–Crippen LogP) is 1.45. The average Bonchev–Trinajstić information content (AvgIpc) is 2.25. The minimum Gasteiger partial charge on any atom is -0.392 e. The lowest BCUT2D eigenvalue weighted by molar-refractivity contribution is 0.142. The summed E-state index contributed by atoms with van der Waals surface area (Å²) in [4.78, 5) is 16.1. The van der Waals surface area contributed by atoms with Gasteiger partial charge in [-0.05, 0) is 25.7 Å². The molecule has 0 aliphatic carbocycles. The van der Waals surface area contributed by atoms with Gasteiger partial charge in [-0.2, -0.15) is 0 Å². The van der Waals surface area contributed by atoms with Crippen LogP contribution in [0.1, 0.15) is 26.7 Å². The standard InChI is InChI=1S/C11H21N3OS/c1-3-13(8-10(12)16)11(15)14-6-4-9(2)5-7-14/h9H,3-8H2,1-2H3,(H2,12,16). The average molecular weight is 243 g/mol. The second-order valence-corrected chi connectivity index (χ2v) is 4.96. The molecular formula is C11H21N3OS. The molecule has 0 radical (unpaired) electrons. The van der Waals surface area contributed by atoms with Crippen molar-refractivity contribution < 1.29 is 4.79 Å². The highest BCUT2D eigenvalue weighted by molar-refractivity contribution is 7.80. The van der Waals surface area contributed by atoms with Crippen molar-refractivity contribution >= 4 is 23.2 Å². The lowest BCUT2D eigenvalue weighted by atomic mass is 10.00. The van der Waals surface area contributed by atoms with Crippen molar-refractivity contribution in [2.45, 2.75) is 26.7 Å². The minimum absolute atomic E-state index is 0.0715. The fourth-order valence-corrected chi connectivity index (χ4v) is 2.06. The Bertz CT molecular complexity index is 262. The Kier molecular flexibility index (Phi) is 4.99. The number of urea groups is 1. The first-order valence-electron chi connectivity index (χ1n) is 5.86. The number of nitrogens with two attached hydrogens (primary N) is 1. The van der Waals surface area contributed by atoms with Crippen LogP contribution >= 0.6 is 12.2 Å². The van der Waals surface area contributed by atoms with Crippen LogP contribution in [-0.4, -0.2) is 47.0 Å². The molecule has 1 rings (SSSR count). The Labute approximate surface area is 103 Å². The zero-order valence-corrected chi connectivity index (χ0v) is 10.9. The molecule has 0 bridgehead atoms. The van der Waals surface area contributed by atoms with Gasteiger partial charge in [0.1, 0.15) is 0 Å². The third-order valence-corrected chi connectivity index (χ3v) is 3.18. The fourth-order valence-electron chi connectivity index (χ4n) is 1.90. The zero-order valence-electron chi connectivity index (χ0n) is 10.1. The molecule has 0 spiro atoms. The van der Waals surface area contributed by atoms with Crippen molar-refractivity contribution in [2.75, 3.05) is 26.2 Å². The monoisotopic (exact) mass is 243 g/mol. The summed E-state index contributed by atoms with van der Waals surface area (Å²) >= 11 is 4.84. The summed E-state index contributed by atoms with van der Waals surface area (Å²) in [6.07, 6.45) is 2.19. The molecule has 1 aliphatic rings. The molecule has 2 N–H and O–H groups in total. The lowest BCUT2D eigenvalue weighted by Crippen LogP contribution is -2.48. The van der Waals surface area contributed by atoms with E-state index in [-0.39, 0.29) is 6.03 Å². The van der Waals surface area contributed by atoms with Gasteiger partial charge in [-0.15, -0.1) is 0 Å². The molecule has 1 saturated heterocycles. The summed E-state index contributed by atoms with van der Waals surface area (Å²) in [5.41, 5.74) is 5.48. The molecule has 0 unspecified atom stereocenters. The number of thiocarbonyl (C=S) groups is 1. The first kappa shape index (κ1) is 13.2. The zero-order chi connectivity index (χ0) is 12.1. The van der Waals surface area contributed by atoms with Crippen LogP contribution in [0.15, 0.2) is 0 Å². The van der Waals surface area contributed by atoms with Gasteiger partial charge in [-0.25, -0.2) is 4.79 Å². The largest absolute Gasteiger partial charge is 0.392 e. The van der Waals surface area contributed by atoms with E-state index in [4.69, 9.17) is 18.0 Å². The third-order valence-electron chi connectivity index (χ3n) is 3.05. The highest BCUT2D eigenvalue weighted by Gasteiger charge is 2.23. The van der Waals surface area contributed by atoms with Crippen LogP contribution in [-0.2, 0) is 0 Å². The maximum atomic E-state index is 12.1. The number of piperidine rings is 1. The Morgan fingerprint density at radius 1 is 1.50 bits per heavy atom. The van der Waals surface area contributed by atoms with Crippen molar-refractivity contribution in [1.29, 1.82) is 0 Å². The normalized spacial score (nSPS) is 17.2. The van der Waals surface area contributed by atoms with E-state index in [2.05, 4.69) is 6.92 Å². The molecule has 0 aromatic heterocycles. The summed E-state index contributed by atoms with van der Waals surface area (Å²) in [7, 11) is 0. The number of nitrogens with zero attached hydrogens (tertiary/aromatic N) is 2. The number of rotatable bonds is 3. The molecule has 5 heteroatoms. The van der Waals surface area contributed by atoms with Crippen LogP contribution in [0.2, 0.25) is 0 Å². The predicted molar refractivity (Wildman–Crippen MR) is 69.4 cm³/mol. The molecule has 0 aromatic rings. The molecular weight excluding hydrogens is 222 g/mol. The third kappa shape index (κ3) is 3.63. The van der Waals surface area contributed by atoms with Crippen LogP contribution < -0.4 is 5.73 Å². The maximum Gasteiger partial charge on any atom is 0.320 e. The van der Waals surface area contributed by atoms with E-state index in [1.54, 1.807) is 4.90 Å². The van der Waals surface area contributed by atoms with E-state index in [0.29, 0.717) is 18.1 Å². The highest BCUT2D eigenvalue weighted by atomic mass is 32.1. The molecule has 1 heterocycles. The Hall–Kier alpha value is -0.840. The van der Waals surface area contributed by atoms with Gasteiger partial charge in [-0.3, -0.25) is 0 Å². The SMILES string of the molecule is CCN(CC(N)=S)C(=O)N1CCC(C)CC1. The molecule has 16 heavy (non-hydrogen) atoms. The molecule has 92 valence electrons. The number of carbonyl (C=O) groups excluding carboxylic acids is 1. The molecule has 1 fully saturated rings. The number of hydrogen-bond donors (Lipinski definition) is 1. The molecule has 2 amide bonds. The van der Waals surface area contributed by atoms with E-state index in [1.165, 1.54) is 0 Å². The Balaban J connectivity index is 2.51. The lowest BCUT2D eigenvalue weighted by Gasteiger charge is -2.34. The summed E-state index contributed by atoms with van der Waals surface area (Å²) in [6, 6.07) is 0.0715. The van der Waals surface area contributed by atoms with Crippen molar-refractivity contribution in [2.24, 2.45) is 11.7 Å². The maximum absolute atomic E-state index is 12.1. The van der Waals surface area contributed by atoms with Gasteiger partial charge in [0.25, 0.3) is 0 Å². The summed E-state index contributed by atoms with van der Waals surface area (Å²) in [6.45, 7) is 6.93. The van der Waals surface area contributed by atoms with E-state index in [1.807, 2.05) is 11.8 Å².